The average molecular weight is 321 g/mol. The number of carbonyl (C=O) groups excluding carboxylic acids is 1. The minimum absolute atomic E-state index is 0.191. The molecule has 0 spiro atoms. The van der Waals surface area contributed by atoms with Crippen molar-refractivity contribution in [3.8, 4) is 0 Å². The maximum Gasteiger partial charge on any atom is 0.410 e. The van der Waals surface area contributed by atoms with Crippen LogP contribution in [0, 0.1) is 0 Å². The van der Waals surface area contributed by atoms with Gasteiger partial charge in [0.05, 0.1) is 12.2 Å². The van der Waals surface area contributed by atoms with E-state index in [1.807, 2.05) is 31.9 Å². The Morgan fingerprint density at radius 3 is 2.61 bits per heavy atom. The number of rotatable bonds is 2. The zero-order valence-corrected chi connectivity index (χ0v) is 14.3. The number of hydrogen-bond acceptors (Lipinski definition) is 5. The number of piperidine rings is 1. The van der Waals surface area contributed by atoms with Gasteiger partial charge in [-0.05, 0) is 53.0 Å². The third-order valence-electron chi connectivity index (χ3n) is 4.66. The van der Waals surface area contributed by atoms with Crippen molar-refractivity contribution in [1.29, 1.82) is 0 Å². The van der Waals surface area contributed by atoms with Crippen molar-refractivity contribution in [1.82, 2.24) is 14.8 Å². The van der Waals surface area contributed by atoms with Crippen LogP contribution in [0.4, 0.5) is 4.79 Å². The van der Waals surface area contributed by atoms with Gasteiger partial charge in [0.15, 0.2) is 6.39 Å². The molecule has 6 heteroatoms. The van der Waals surface area contributed by atoms with Crippen LogP contribution < -0.4 is 0 Å². The maximum atomic E-state index is 12.2. The molecular formula is C17H27N3O3. The Bertz CT molecular complexity index is 516. The summed E-state index contributed by atoms with van der Waals surface area (Å²) in [4.78, 5) is 20.6. The molecule has 0 saturated carbocycles. The Morgan fingerprint density at radius 1 is 1.26 bits per heavy atom. The summed E-state index contributed by atoms with van der Waals surface area (Å²) in [6, 6.07) is 0.849. The summed E-state index contributed by atoms with van der Waals surface area (Å²) in [6.07, 6.45) is 7.45. The lowest BCUT2D eigenvalue weighted by Crippen LogP contribution is -2.47. The summed E-state index contributed by atoms with van der Waals surface area (Å²) >= 11 is 0. The molecule has 23 heavy (non-hydrogen) atoms. The Labute approximate surface area is 137 Å². The van der Waals surface area contributed by atoms with Gasteiger partial charge in [0.1, 0.15) is 11.4 Å². The predicted molar refractivity (Wildman–Crippen MR) is 86.0 cm³/mol. The van der Waals surface area contributed by atoms with Crippen molar-refractivity contribution in [2.75, 3.05) is 19.6 Å². The van der Waals surface area contributed by atoms with Crippen molar-refractivity contribution >= 4 is 6.09 Å². The van der Waals surface area contributed by atoms with Gasteiger partial charge < -0.3 is 14.1 Å². The predicted octanol–water partition coefficient (Wildman–Crippen LogP) is 3.21. The van der Waals surface area contributed by atoms with Gasteiger partial charge in [-0.1, -0.05) is 0 Å². The first-order chi connectivity index (χ1) is 10.9. The first-order valence-electron chi connectivity index (χ1n) is 8.56. The largest absolute Gasteiger partial charge is 0.447 e. The molecule has 6 nitrogen and oxygen atoms in total. The van der Waals surface area contributed by atoms with Gasteiger partial charge in [-0.15, -0.1) is 0 Å². The summed E-state index contributed by atoms with van der Waals surface area (Å²) in [7, 11) is 0. The summed E-state index contributed by atoms with van der Waals surface area (Å²) < 4.78 is 11.0. The fraction of sp³-hybridized carbons (Fsp3) is 0.765. The second-order valence-electron chi connectivity index (χ2n) is 7.50. The minimum atomic E-state index is -0.430. The number of aromatic nitrogens is 1. The number of oxazole rings is 1. The van der Waals surface area contributed by atoms with E-state index >= 15 is 0 Å². The second-order valence-corrected chi connectivity index (χ2v) is 7.50. The van der Waals surface area contributed by atoms with Crippen LogP contribution in [-0.4, -0.2) is 52.2 Å². The van der Waals surface area contributed by atoms with Crippen LogP contribution in [0.5, 0.6) is 0 Å². The number of hydrogen-bond donors (Lipinski definition) is 0. The van der Waals surface area contributed by atoms with E-state index in [2.05, 4.69) is 9.88 Å². The van der Waals surface area contributed by atoms with Gasteiger partial charge in [0, 0.05) is 19.1 Å². The zero-order chi connectivity index (χ0) is 16.4. The van der Waals surface area contributed by atoms with Crippen LogP contribution in [0.2, 0.25) is 0 Å². The van der Waals surface area contributed by atoms with E-state index in [4.69, 9.17) is 9.15 Å². The van der Waals surface area contributed by atoms with Gasteiger partial charge in [0.2, 0.25) is 0 Å². The second kappa shape index (κ2) is 6.51. The third-order valence-corrected chi connectivity index (χ3v) is 4.66. The number of likely N-dealkylation sites (tertiary alicyclic amines) is 2. The molecule has 1 aromatic rings. The van der Waals surface area contributed by atoms with Gasteiger partial charge >= 0.3 is 6.09 Å². The SMILES string of the molecule is CC(C)(C)OC(=O)N1CCC(N2CCC[C@@H]2c2cnco2)CC1. The Morgan fingerprint density at radius 2 is 2.00 bits per heavy atom. The smallest absolute Gasteiger partial charge is 0.410 e. The van der Waals surface area contributed by atoms with Crippen LogP contribution >= 0.6 is 0 Å². The maximum absolute atomic E-state index is 12.2. The molecule has 0 N–H and O–H groups in total. The van der Waals surface area contributed by atoms with E-state index in [-0.39, 0.29) is 6.09 Å². The number of amides is 1. The van der Waals surface area contributed by atoms with E-state index in [0.29, 0.717) is 12.1 Å². The van der Waals surface area contributed by atoms with Gasteiger partial charge in [0.25, 0.3) is 0 Å². The molecule has 0 bridgehead atoms. The van der Waals surface area contributed by atoms with Crippen LogP contribution in [0.1, 0.15) is 58.3 Å². The average Bonchev–Trinajstić information content (AvgIpc) is 3.16. The summed E-state index contributed by atoms with van der Waals surface area (Å²) in [5, 5.41) is 0. The van der Waals surface area contributed by atoms with Crippen molar-refractivity contribution in [2.24, 2.45) is 0 Å². The topological polar surface area (TPSA) is 58.8 Å². The molecule has 1 aromatic heterocycles. The Balaban J connectivity index is 1.55. The first-order valence-corrected chi connectivity index (χ1v) is 8.56. The van der Waals surface area contributed by atoms with E-state index < -0.39 is 5.60 Å². The highest BCUT2D eigenvalue weighted by molar-refractivity contribution is 5.68. The van der Waals surface area contributed by atoms with Crippen molar-refractivity contribution in [3.63, 3.8) is 0 Å². The van der Waals surface area contributed by atoms with Crippen LogP contribution in [-0.2, 0) is 4.74 Å². The van der Waals surface area contributed by atoms with E-state index in [9.17, 15) is 4.79 Å². The van der Waals surface area contributed by atoms with Crippen molar-refractivity contribution in [2.45, 2.75) is 64.1 Å². The lowest BCUT2D eigenvalue weighted by Gasteiger charge is -2.39. The van der Waals surface area contributed by atoms with E-state index in [0.717, 1.165) is 44.7 Å². The third kappa shape index (κ3) is 3.86. The highest BCUT2D eigenvalue weighted by Gasteiger charge is 2.36. The highest BCUT2D eigenvalue weighted by Crippen LogP contribution is 2.36. The first kappa shape index (κ1) is 16.3. The van der Waals surface area contributed by atoms with Crippen LogP contribution in [0.15, 0.2) is 17.0 Å². The molecule has 0 aliphatic carbocycles. The molecular weight excluding hydrogens is 294 g/mol. The fourth-order valence-corrected chi connectivity index (χ4v) is 3.63. The monoisotopic (exact) mass is 321 g/mol. The standard InChI is InChI=1S/C17H27N3O3/c1-17(2,3)23-16(21)19-9-6-13(7-10-19)20-8-4-5-14(20)15-11-18-12-22-15/h11-14H,4-10H2,1-3H3/t14-/m1/s1. The molecule has 0 unspecified atom stereocenters. The number of nitrogens with zero attached hydrogens (tertiary/aromatic N) is 3. The summed E-state index contributed by atoms with van der Waals surface area (Å²) in [6.45, 7) is 8.35. The molecule has 2 aliphatic rings. The minimum Gasteiger partial charge on any atom is -0.447 e. The Hall–Kier alpha value is -1.56. The van der Waals surface area contributed by atoms with E-state index in [1.54, 1.807) is 0 Å². The molecule has 128 valence electrons. The molecule has 3 heterocycles. The molecule has 1 amide bonds. The number of ether oxygens (including phenoxy) is 1. The quantitative estimate of drug-likeness (QED) is 0.837. The summed E-state index contributed by atoms with van der Waals surface area (Å²) in [5.74, 6) is 0.970. The zero-order valence-electron chi connectivity index (χ0n) is 14.3. The normalized spacial score (nSPS) is 24.1. The van der Waals surface area contributed by atoms with Crippen molar-refractivity contribution in [3.05, 3.63) is 18.4 Å². The fourth-order valence-electron chi connectivity index (χ4n) is 3.63. The van der Waals surface area contributed by atoms with Gasteiger partial charge in [-0.3, -0.25) is 4.90 Å². The molecule has 1 atom stereocenters. The van der Waals surface area contributed by atoms with Crippen molar-refractivity contribution < 1.29 is 13.9 Å². The van der Waals surface area contributed by atoms with Gasteiger partial charge in [-0.25, -0.2) is 9.78 Å². The lowest BCUT2D eigenvalue weighted by molar-refractivity contribution is 0.0128. The van der Waals surface area contributed by atoms with Gasteiger partial charge in [-0.2, -0.15) is 0 Å². The molecule has 2 fully saturated rings. The molecule has 2 saturated heterocycles. The molecule has 0 aromatic carbocycles. The number of carbonyl (C=O) groups is 1. The highest BCUT2D eigenvalue weighted by atomic mass is 16.6. The molecule has 3 rings (SSSR count). The van der Waals surface area contributed by atoms with Crippen LogP contribution in [0.3, 0.4) is 0 Å². The Kier molecular flexibility index (Phi) is 4.62. The molecule has 0 radical (unpaired) electrons. The lowest BCUT2D eigenvalue weighted by atomic mass is 10.0. The van der Waals surface area contributed by atoms with Crippen LogP contribution in [0.25, 0.3) is 0 Å². The van der Waals surface area contributed by atoms with E-state index in [1.165, 1.54) is 12.8 Å². The molecule has 2 aliphatic heterocycles. The summed E-state index contributed by atoms with van der Waals surface area (Å²) in [5.41, 5.74) is -0.430.